The molecule has 0 radical (unpaired) electrons. The van der Waals surface area contributed by atoms with Crippen LogP contribution in [0.15, 0.2) is 18.2 Å². The number of amides is 3. The molecule has 0 spiro atoms. The molecule has 0 bridgehead atoms. The number of carbonyl (C=O) groups is 2. The molecule has 25 heavy (non-hydrogen) atoms. The maximum atomic E-state index is 12.2. The minimum absolute atomic E-state index is 0.115. The number of hydrogen-bond donors (Lipinski definition) is 3. The lowest BCUT2D eigenvalue weighted by Gasteiger charge is -2.20. The van der Waals surface area contributed by atoms with Crippen LogP contribution in [-0.2, 0) is 4.79 Å². The Morgan fingerprint density at radius 3 is 2.84 bits per heavy atom. The quantitative estimate of drug-likeness (QED) is 0.779. The van der Waals surface area contributed by atoms with Crippen molar-refractivity contribution in [3.8, 4) is 11.5 Å². The molecule has 7 nitrogen and oxygen atoms in total. The highest BCUT2D eigenvalue weighted by molar-refractivity contribution is 5.87. The predicted octanol–water partition coefficient (Wildman–Crippen LogP) is 1.88. The van der Waals surface area contributed by atoms with Crippen LogP contribution in [0.4, 0.5) is 4.79 Å². The average Bonchev–Trinajstić information content (AvgIpc) is 2.95. The molecule has 2 aliphatic heterocycles. The van der Waals surface area contributed by atoms with Gasteiger partial charge in [0.1, 0.15) is 6.04 Å². The van der Waals surface area contributed by atoms with Crippen molar-refractivity contribution < 1.29 is 19.1 Å². The number of ether oxygens (including phenoxy) is 2. The molecule has 1 aromatic rings. The zero-order chi connectivity index (χ0) is 17.6. The van der Waals surface area contributed by atoms with E-state index in [1.807, 2.05) is 25.1 Å². The largest absolute Gasteiger partial charge is 0.490 e. The van der Waals surface area contributed by atoms with Crippen LogP contribution in [0.3, 0.4) is 0 Å². The van der Waals surface area contributed by atoms with E-state index in [9.17, 15) is 9.59 Å². The summed E-state index contributed by atoms with van der Waals surface area (Å²) in [6, 6.07) is 4.64. The topological polar surface area (TPSA) is 88.7 Å². The molecule has 0 aliphatic carbocycles. The van der Waals surface area contributed by atoms with E-state index in [1.165, 1.54) is 0 Å². The second kappa shape index (κ2) is 8.09. The molecular weight excluding hydrogens is 322 g/mol. The molecule has 3 rings (SSSR count). The van der Waals surface area contributed by atoms with Crippen molar-refractivity contribution in [2.75, 3.05) is 19.8 Å². The van der Waals surface area contributed by atoms with Crippen molar-refractivity contribution in [3.05, 3.63) is 23.8 Å². The lowest BCUT2D eigenvalue weighted by molar-refractivity contribution is -0.122. The first kappa shape index (κ1) is 17.4. The van der Waals surface area contributed by atoms with Crippen molar-refractivity contribution in [2.24, 2.45) is 0 Å². The number of nitrogens with one attached hydrogen (secondary N) is 3. The van der Waals surface area contributed by atoms with E-state index in [-0.39, 0.29) is 18.0 Å². The number of rotatable bonds is 3. The maximum Gasteiger partial charge on any atom is 0.315 e. The van der Waals surface area contributed by atoms with Gasteiger partial charge in [-0.05, 0) is 43.9 Å². The monoisotopic (exact) mass is 347 g/mol. The number of carbonyl (C=O) groups excluding carboxylic acids is 2. The number of hydrogen-bond acceptors (Lipinski definition) is 4. The van der Waals surface area contributed by atoms with Gasteiger partial charge in [0.25, 0.3) is 0 Å². The number of benzene rings is 1. The van der Waals surface area contributed by atoms with E-state index in [0.29, 0.717) is 31.9 Å². The van der Waals surface area contributed by atoms with Crippen LogP contribution < -0.4 is 25.4 Å². The summed E-state index contributed by atoms with van der Waals surface area (Å²) in [5.74, 6) is 1.32. The molecule has 1 saturated heterocycles. The fraction of sp³-hybridized carbons (Fsp3) is 0.556. The van der Waals surface area contributed by atoms with Gasteiger partial charge in [0, 0.05) is 13.0 Å². The molecule has 0 aromatic heterocycles. The Balaban J connectivity index is 1.59. The summed E-state index contributed by atoms with van der Waals surface area (Å²) in [4.78, 5) is 24.2. The zero-order valence-electron chi connectivity index (χ0n) is 14.5. The third kappa shape index (κ3) is 4.55. The van der Waals surface area contributed by atoms with Gasteiger partial charge in [-0.2, -0.15) is 0 Å². The maximum absolute atomic E-state index is 12.2. The van der Waals surface area contributed by atoms with Crippen LogP contribution in [0.2, 0.25) is 0 Å². The molecule has 2 unspecified atom stereocenters. The van der Waals surface area contributed by atoms with Gasteiger partial charge in [0.15, 0.2) is 11.5 Å². The molecule has 2 aliphatic rings. The summed E-state index contributed by atoms with van der Waals surface area (Å²) >= 11 is 0. The number of urea groups is 1. The Bertz CT molecular complexity index is 635. The van der Waals surface area contributed by atoms with Crippen LogP contribution in [0.1, 0.15) is 44.2 Å². The smallest absolute Gasteiger partial charge is 0.315 e. The molecular formula is C18H25N3O4. The van der Waals surface area contributed by atoms with Gasteiger partial charge in [-0.3, -0.25) is 4.79 Å². The van der Waals surface area contributed by atoms with Crippen molar-refractivity contribution in [1.82, 2.24) is 16.0 Å². The van der Waals surface area contributed by atoms with Crippen molar-refractivity contribution in [1.29, 1.82) is 0 Å². The van der Waals surface area contributed by atoms with Crippen molar-refractivity contribution >= 4 is 11.9 Å². The van der Waals surface area contributed by atoms with Gasteiger partial charge in [-0.25, -0.2) is 4.79 Å². The third-order valence-electron chi connectivity index (χ3n) is 4.46. The Morgan fingerprint density at radius 1 is 1.20 bits per heavy atom. The van der Waals surface area contributed by atoms with Gasteiger partial charge < -0.3 is 25.4 Å². The zero-order valence-corrected chi connectivity index (χ0v) is 14.5. The summed E-state index contributed by atoms with van der Waals surface area (Å²) in [6.45, 7) is 3.83. The van der Waals surface area contributed by atoms with E-state index in [4.69, 9.17) is 9.47 Å². The summed E-state index contributed by atoms with van der Waals surface area (Å²) in [6.07, 6.45) is 3.38. The summed E-state index contributed by atoms with van der Waals surface area (Å²) in [5, 5.41) is 8.46. The first-order valence-electron chi connectivity index (χ1n) is 8.88. The highest BCUT2D eigenvalue weighted by atomic mass is 16.5. The highest BCUT2D eigenvalue weighted by Crippen LogP contribution is 2.32. The standard InChI is InChI=1S/C18H25N3O4/c1-12(13-6-7-15-16(11-13)25-10-4-9-24-15)20-18(23)21-14-5-2-3-8-19-17(14)22/h6-7,11-12,14H,2-5,8-10H2,1H3,(H,19,22)(H2,20,21,23). The molecule has 1 aromatic carbocycles. The Morgan fingerprint density at radius 2 is 2.00 bits per heavy atom. The average molecular weight is 347 g/mol. The Kier molecular flexibility index (Phi) is 5.63. The Labute approximate surface area is 147 Å². The van der Waals surface area contributed by atoms with Crippen LogP contribution in [0.25, 0.3) is 0 Å². The highest BCUT2D eigenvalue weighted by Gasteiger charge is 2.23. The fourth-order valence-electron chi connectivity index (χ4n) is 3.01. The molecule has 3 N–H and O–H groups in total. The number of fused-ring (bicyclic) bond motifs is 1. The molecule has 2 heterocycles. The molecule has 7 heteroatoms. The van der Waals surface area contributed by atoms with Crippen molar-refractivity contribution in [3.63, 3.8) is 0 Å². The minimum Gasteiger partial charge on any atom is -0.490 e. The predicted molar refractivity (Wildman–Crippen MR) is 92.8 cm³/mol. The van der Waals surface area contributed by atoms with Gasteiger partial charge in [-0.15, -0.1) is 0 Å². The van der Waals surface area contributed by atoms with Crippen LogP contribution >= 0.6 is 0 Å². The summed E-state index contributed by atoms with van der Waals surface area (Å²) in [7, 11) is 0. The van der Waals surface area contributed by atoms with E-state index >= 15 is 0 Å². The molecule has 2 atom stereocenters. The lowest BCUT2D eigenvalue weighted by Crippen LogP contribution is -2.49. The first-order valence-corrected chi connectivity index (χ1v) is 8.88. The van der Waals surface area contributed by atoms with Gasteiger partial charge in [0.05, 0.1) is 19.3 Å². The lowest BCUT2D eigenvalue weighted by atomic mass is 10.1. The molecule has 136 valence electrons. The Hall–Kier alpha value is -2.44. The van der Waals surface area contributed by atoms with Gasteiger partial charge >= 0.3 is 6.03 Å². The van der Waals surface area contributed by atoms with E-state index < -0.39 is 6.04 Å². The van der Waals surface area contributed by atoms with E-state index in [1.54, 1.807) is 0 Å². The van der Waals surface area contributed by atoms with E-state index in [2.05, 4.69) is 16.0 Å². The van der Waals surface area contributed by atoms with Gasteiger partial charge in [0.2, 0.25) is 5.91 Å². The summed E-state index contributed by atoms with van der Waals surface area (Å²) < 4.78 is 11.3. The summed E-state index contributed by atoms with van der Waals surface area (Å²) in [5.41, 5.74) is 0.921. The molecule has 3 amide bonds. The van der Waals surface area contributed by atoms with Crippen molar-refractivity contribution in [2.45, 2.75) is 44.7 Å². The van der Waals surface area contributed by atoms with Crippen LogP contribution in [0, 0.1) is 0 Å². The third-order valence-corrected chi connectivity index (χ3v) is 4.46. The first-order chi connectivity index (χ1) is 12.1. The second-order valence-corrected chi connectivity index (χ2v) is 6.44. The van der Waals surface area contributed by atoms with Crippen LogP contribution in [0.5, 0.6) is 11.5 Å². The second-order valence-electron chi connectivity index (χ2n) is 6.44. The fourth-order valence-corrected chi connectivity index (χ4v) is 3.01. The van der Waals surface area contributed by atoms with Crippen LogP contribution in [-0.4, -0.2) is 37.7 Å². The molecule has 1 fully saturated rings. The molecule has 0 saturated carbocycles. The van der Waals surface area contributed by atoms with Gasteiger partial charge in [-0.1, -0.05) is 6.07 Å². The normalized spacial score (nSPS) is 21.3. The van der Waals surface area contributed by atoms with E-state index in [0.717, 1.165) is 30.6 Å². The SMILES string of the molecule is CC(NC(=O)NC1CCCCNC1=O)c1ccc2c(c1)OCCCO2. The minimum atomic E-state index is -0.474.